The minimum atomic E-state index is -3.30. The lowest BCUT2D eigenvalue weighted by Gasteiger charge is -2.35. The fourth-order valence-electron chi connectivity index (χ4n) is 4.49. The minimum Gasteiger partial charge on any atom is -0.460 e. The van der Waals surface area contributed by atoms with Gasteiger partial charge in [0, 0.05) is 25.2 Å². The first kappa shape index (κ1) is 32.6. The number of amides is 1. The number of rotatable bonds is 13. The first-order valence-corrected chi connectivity index (χ1v) is 12.9. The maximum atomic E-state index is 14.6. The third kappa shape index (κ3) is 10.1. The van der Waals surface area contributed by atoms with Crippen molar-refractivity contribution in [2.45, 2.75) is 111 Å². The Kier molecular flexibility index (Phi) is 11.3. The van der Waals surface area contributed by atoms with E-state index in [0.29, 0.717) is 12.8 Å². The third-order valence-electron chi connectivity index (χ3n) is 6.36. The molecule has 0 saturated carbocycles. The normalized spacial score (nSPS) is 19.2. The highest BCUT2D eigenvalue weighted by atomic mass is 19.3. The average Bonchev–Trinajstić information content (AvgIpc) is 3.08. The van der Waals surface area contributed by atoms with Crippen molar-refractivity contribution in [1.29, 1.82) is 0 Å². The Bertz CT molecular complexity index is 884. The summed E-state index contributed by atoms with van der Waals surface area (Å²) in [7, 11) is 0. The fraction of sp³-hybridized carbons (Fsp3) is 0.750. The van der Waals surface area contributed by atoms with E-state index in [1.165, 1.54) is 6.08 Å². The SMILES string of the molecule is C=CCCC(=O)C(=O)C(CCC)CC(=O)[C@@H]1CC(F)(F)CN1C(=O)[C@@H](CC(=O)OC(C)(C)C)C(C)(C)C. The van der Waals surface area contributed by atoms with Crippen molar-refractivity contribution in [3.05, 3.63) is 12.7 Å². The first-order valence-electron chi connectivity index (χ1n) is 12.9. The van der Waals surface area contributed by atoms with Crippen LogP contribution in [-0.2, 0) is 28.7 Å². The van der Waals surface area contributed by atoms with Crippen molar-refractivity contribution < 1.29 is 37.5 Å². The molecule has 1 fully saturated rings. The fourth-order valence-corrected chi connectivity index (χ4v) is 4.49. The molecule has 1 aliphatic heterocycles. The zero-order valence-corrected chi connectivity index (χ0v) is 23.3. The van der Waals surface area contributed by atoms with E-state index in [0.717, 1.165) is 4.90 Å². The number of allylic oxidation sites excluding steroid dienone is 1. The molecule has 0 aromatic carbocycles. The first-order chi connectivity index (χ1) is 16.8. The summed E-state index contributed by atoms with van der Waals surface area (Å²) in [5.41, 5.74) is -1.57. The van der Waals surface area contributed by atoms with E-state index in [9.17, 15) is 32.8 Å². The molecule has 0 radical (unpaired) electrons. The van der Waals surface area contributed by atoms with Crippen LogP contribution in [0.1, 0.15) is 93.4 Å². The molecule has 9 heteroatoms. The van der Waals surface area contributed by atoms with Gasteiger partial charge in [0.05, 0.1) is 24.9 Å². The number of carbonyl (C=O) groups excluding carboxylic acids is 5. The molecule has 37 heavy (non-hydrogen) atoms. The molecule has 0 bridgehead atoms. The molecule has 1 heterocycles. The molecule has 0 aliphatic carbocycles. The topological polar surface area (TPSA) is 97.8 Å². The van der Waals surface area contributed by atoms with Gasteiger partial charge in [-0.15, -0.1) is 6.58 Å². The molecule has 1 amide bonds. The molecule has 0 aromatic heterocycles. The van der Waals surface area contributed by atoms with E-state index in [2.05, 4.69) is 6.58 Å². The number of alkyl halides is 2. The van der Waals surface area contributed by atoms with Crippen molar-refractivity contribution in [2.75, 3.05) is 6.54 Å². The van der Waals surface area contributed by atoms with E-state index in [-0.39, 0.29) is 19.3 Å². The van der Waals surface area contributed by atoms with Crippen molar-refractivity contribution in [3.8, 4) is 0 Å². The number of hydrogen-bond acceptors (Lipinski definition) is 6. The van der Waals surface area contributed by atoms with E-state index in [4.69, 9.17) is 4.74 Å². The summed E-state index contributed by atoms with van der Waals surface area (Å²) in [4.78, 5) is 65.2. The van der Waals surface area contributed by atoms with Gasteiger partial charge in [0.15, 0.2) is 11.6 Å². The van der Waals surface area contributed by atoms with Gasteiger partial charge < -0.3 is 9.64 Å². The van der Waals surface area contributed by atoms with Crippen molar-refractivity contribution in [3.63, 3.8) is 0 Å². The molecule has 1 rings (SSSR count). The third-order valence-corrected chi connectivity index (χ3v) is 6.36. The summed E-state index contributed by atoms with van der Waals surface area (Å²) >= 11 is 0. The number of ether oxygens (including phenoxy) is 1. The number of esters is 1. The van der Waals surface area contributed by atoms with Crippen molar-refractivity contribution in [1.82, 2.24) is 4.90 Å². The highest BCUT2D eigenvalue weighted by molar-refractivity contribution is 6.38. The van der Waals surface area contributed by atoms with Crippen molar-refractivity contribution in [2.24, 2.45) is 17.3 Å². The van der Waals surface area contributed by atoms with Gasteiger partial charge in [-0.3, -0.25) is 24.0 Å². The van der Waals surface area contributed by atoms with Crippen LogP contribution < -0.4 is 0 Å². The molecule has 0 N–H and O–H groups in total. The average molecular weight is 528 g/mol. The molecule has 1 unspecified atom stereocenters. The molecule has 1 aliphatic rings. The zero-order valence-electron chi connectivity index (χ0n) is 23.3. The largest absolute Gasteiger partial charge is 0.460 e. The number of hydrogen-bond donors (Lipinski definition) is 0. The number of ketones is 3. The second kappa shape index (κ2) is 12.9. The number of Topliss-reactive ketones (excluding diaryl/α,β-unsaturated/α-hetero) is 3. The van der Waals surface area contributed by atoms with Crippen LogP contribution >= 0.6 is 0 Å². The van der Waals surface area contributed by atoms with Crippen molar-refractivity contribution >= 4 is 29.2 Å². The lowest BCUT2D eigenvalue weighted by molar-refractivity contribution is -0.161. The molecular weight excluding hydrogens is 484 g/mol. The summed E-state index contributed by atoms with van der Waals surface area (Å²) in [6, 6.07) is -1.44. The van der Waals surface area contributed by atoms with Gasteiger partial charge in [-0.25, -0.2) is 8.78 Å². The smallest absolute Gasteiger partial charge is 0.307 e. The maximum absolute atomic E-state index is 14.6. The van der Waals surface area contributed by atoms with Crippen LogP contribution in [0.15, 0.2) is 12.7 Å². The lowest BCUT2D eigenvalue weighted by Crippen LogP contribution is -2.48. The van der Waals surface area contributed by atoms with Gasteiger partial charge in [0.1, 0.15) is 5.60 Å². The zero-order chi connectivity index (χ0) is 28.8. The predicted octanol–water partition coefficient (Wildman–Crippen LogP) is 5.10. The van der Waals surface area contributed by atoms with E-state index < -0.39 is 83.4 Å². The summed E-state index contributed by atoms with van der Waals surface area (Å²) in [5, 5.41) is 0. The van der Waals surface area contributed by atoms with Gasteiger partial charge >= 0.3 is 5.97 Å². The Balaban J connectivity index is 3.20. The van der Waals surface area contributed by atoms with Crippen LogP contribution in [0.5, 0.6) is 0 Å². The van der Waals surface area contributed by atoms with Gasteiger partial charge in [-0.2, -0.15) is 0 Å². The second-order valence-electron chi connectivity index (χ2n) is 12.0. The second-order valence-corrected chi connectivity index (χ2v) is 12.0. The lowest BCUT2D eigenvalue weighted by atomic mass is 9.77. The van der Waals surface area contributed by atoms with Crippen LogP contribution in [0.4, 0.5) is 8.78 Å². The summed E-state index contributed by atoms with van der Waals surface area (Å²) < 4.78 is 34.5. The summed E-state index contributed by atoms with van der Waals surface area (Å²) in [5.74, 6) is -8.59. The van der Waals surface area contributed by atoms with E-state index >= 15 is 0 Å². The standard InChI is InChI=1S/C28H43F2NO6/c1-9-11-13-21(32)24(35)18(12-10-2)14-22(33)20-16-28(29,30)17-31(20)25(36)19(26(3,4)5)15-23(34)37-27(6,7)8/h9,18-20H,1,10-17H2,2-8H3/t18?,19-,20+/m1/s1. The highest BCUT2D eigenvalue weighted by Gasteiger charge is 2.52. The Morgan fingerprint density at radius 2 is 1.68 bits per heavy atom. The molecular formula is C28H43F2NO6. The Morgan fingerprint density at radius 3 is 2.16 bits per heavy atom. The molecule has 0 aromatic rings. The summed E-state index contributed by atoms with van der Waals surface area (Å²) in [6.45, 7) is 14.6. The van der Waals surface area contributed by atoms with Gasteiger partial charge in [-0.1, -0.05) is 40.2 Å². The summed E-state index contributed by atoms with van der Waals surface area (Å²) in [6.07, 6.45) is 0.993. The van der Waals surface area contributed by atoms with E-state index in [1.807, 2.05) is 0 Å². The Morgan fingerprint density at radius 1 is 1.08 bits per heavy atom. The Labute approximate surface area is 219 Å². The number of halogens is 2. The van der Waals surface area contributed by atoms with Gasteiger partial charge in [-0.05, 0) is 39.0 Å². The van der Waals surface area contributed by atoms with Crippen LogP contribution in [0.3, 0.4) is 0 Å². The molecule has 1 saturated heterocycles. The molecule has 3 atom stereocenters. The van der Waals surface area contributed by atoms with Crippen LogP contribution in [0.2, 0.25) is 0 Å². The number of nitrogens with zero attached hydrogens (tertiary/aromatic N) is 1. The monoisotopic (exact) mass is 527 g/mol. The quantitative estimate of drug-likeness (QED) is 0.188. The van der Waals surface area contributed by atoms with E-state index in [1.54, 1.807) is 48.5 Å². The van der Waals surface area contributed by atoms with Gasteiger partial charge in [0.2, 0.25) is 11.7 Å². The Hall–Kier alpha value is -2.45. The molecule has 7 nitrogen and oxygen atoms in total. The minimum absolute atomic E-state index is 0.0270. The van der Waals surface area contributed by atoms with Gasteiger partial charge in [0.25, 0.3) is 5.92 Å². The molecule has 0 spiro atoms. The van der Waals surface area contributed by atoms with Crippen LogP contribution in [-0.4, -0.2) is 58.2 Å². The number of carbonyl (C=O) groups is 5. The molecule has 210 valence electrons. The highest BCUT2D eigenvalue weighted by Crippen LogP contribution is 2.38. The van der Waals surface area contributed by atoms with Crippen LogP contribution in [0.25, 0.3) is 0 Å². The number of likely N-dealkylation sites (tertiary alicyclic amines) is 1. The predicted molar refractivity (Wildman–Crippen MR) is 136 cm³/mol. The maximum Gasteiger partial charge on any atom is 0.307 e. The van der Waals surface area contributed by atoms with Crippen LogP contribution in [0, 0.1) is 17.3 Å².